The Balaban J connectivity index is 2.76. The van der Waals surface area contributed by atoms with Crippen LogP contribution in [0, 0.1) is 5.92 Å². The molecule has 1 atom stereocenters. The predicted molar refractivity (Wildman–Crippen MR) is 78.7 cm³/mol. The van der Waals surface area contributed by atoms with Crippen LogP contribution in [-0.4, -0.2) is 33.3 Å². The molecule has 1 rings (SSSR count). The molecular weight excluding hydrogens is 302 g/mol. The Kier molecular flexibility index (Phi) is 6.26. The molecule has 0 aromatic heterocycles. The van der Waals surface area contributed by atoms with E-state index in [4.69, 9.17) is 16.3 Å². The number of sulfonamides is 1. The van der Waals surface area contributed by atoms with Gasteiger partial charge in [0.1, 0.15) is 5.75 Å². The van der Waals surface area contributed by atoms with Gasteiger partial charge in [0.25, 0.3) is 0 Å². The lowest BCUT2D eigenvalue weighted by Gasteiger charge is -2.14. The van der Waals surface area contributed by atoms with Gasteiger partial charge in [0.15, 0.2) is 0 Å². The number of aliphatic hydroxyl groups is 1. The van der Waals surface area contributed by atoms with Gasteiger partial charge in [-0.25, -0.2) is 13.1 Å². The van der Waals surface area contributed by atoms with Crippen molar-refractivity contribution in [2.24, 2.45) is 5.92 Å². The average molecular weight is 322 g/mol. The summed E-state index contributed by atoms with van der Waals surface area (Å²) in [4.78, 5) is 0.0417. The van der Waals surface area contributed by atoms with E-state index < -0.39 is 16.1 Å². The van der Waals surface area contributed by atoms with Crippen molar-refractivity contribution in [1.29, 1.82) is 0 Å². The molecule has 0 fully saturated rings. The molecule has 2 N–H and O–H groups in total. The summed E-state index contributed by atoms with van der Waals surface area (Å²) in [5.41, 5.74) is 0. The minimum absolute atomic E-state index is 0.0236. The summed E-state index contributed by atoms with van der Waals surface area (Å²) in [6.07, 6.45) is -0.176. The van der Waals surface area contributed by atoms with Gasteiger partial charge in [-0.1, -0.05) is 25.4 Å². The topological polar surface area (TPSA) is 75.6 Å². The van der Waals surface area contributed by atoms with Crippen LogP contribution in [0.5, 0.6) is 5.75 Å². The summed E-state index contributed by atoms with van der Waals surface area (Å²) in [7, 11) is -2.23. The monoisotopic (exact) mass is 321 g/mol. The van der Waals surface area contributed by atoms with E-state index in [1.807, 2.05) is 13.8 Å². The number of nitrogens with one attached hydrogen (secondary N) is 1. The third-order valence-corrected chi connectivity index (χ3v) is 4.40. The van der Waals surface area contributed by atoms with E-state index in [-0.39, 0.29) is 16.5 Å². The summed E-state index contributed by atoms with van der Waals surface area (Å²) in [5.74, 6) is 0.704. The minimum Gasteiger partial charge on any atom is -0.495 e. The number of hydrogen-bond acceptors (Lipinski definition) is 4. The van der Waals surface area contributed by atoms with Gasteiger partial charge in [-0.15, -0.1) is 0 Å². The van der Waals surface area contributed by atoms with E-state index in [2.05, 4.69) is 4.72 Å². The molecule has 0 aliphatic heterocycles. The highest BCUT2D eigenvalue weighted by Gasteiger charge is 2.17. The average Bonchev–Trinajstić information content (AvgIpc) is 2.35. The summed E-state index contributed by atoms with van der Waals surface area (Å²) in [5, 5.41) is 9.91. The minimum atomic E-state index is -3.69. The van der Waals surface area contributed by atoms with Crippen LogP contribution >= 0.6 is 11.6 Å². The number of ether oxygens (including phenoxy) is 1. The van der Waals surface area contributed by atoms with Gasteiger partial charge >= 0.3 is 0 Å². The lowest BCUT2D eigenvalue weighted by atomic mass is 10.1. The first-order valence-corrected chi connectivity index (χ1v) is 8.13. The van der Waals surface area contributed by atoms with Crippen molar-refractivity contribution in [2.75, 3.05) is 13.7 Å². The first-order valence-electron chi connectivity index (χ1n) is 6.27. The zero-order valence-electron chi connectivity index (χ0n) is 11.8. The zero-order chi connectivity index (χ0) is 15.3. The highest BCUT2D eigenvalue weighted by molar-refractivity contribution is 7.89. The van der Waals surface area contributed by atoms with E-state index in [1.54, 1.807) is 0 Å². The number of benzene rings is 1. The highest BCUT2D eigenvalue weighted by Crippen LogP contribution is 2.26. The molecular formula is C13H20ClNO4S. The molecule has 0 aliphatic carbocycles. The molecule has 1 aromatic carbocycles. The second kappa shape index (κ2) is 7.26. The van der Waals surface area contributed by atoms with E-state index in [0.717, 1.165) is 0 Å². The molecule has 0 saturated carbocycles. The Morgan fingerprint density at radius 2 is 2.05 bits per heavy atom. The number of aliphatic hydroxyl groups excluding tert-OH is 1. The Bertz CT molecular complexity index is 545. The van der Waals surface area contributed by atoms with Crippen LogP contribution < -0.4 is 9.46 Å². The lowest BCUT2D eigenvalue weighted by Crippen LogP contribution is -2.32. The lowest BCUT2D eigenvalue weighted by molar-refractivity contribution is 0.152. The Morgan fingerprint density at radius 3 is 2.55 bits per heavy atom. The molecule has 5 nitrogen and oxygen atoms in total. The number of methoxy groups -OCH3 is 1. The van der Waals surface area contributed by atoms with Crippen molar-refractivity contribution in [3.8, 4) is 5.75 Å². The van der Waals surface area contributed by atoms with Crippen molar-refractivity contribution < 1.29 is 18.3 Å². The summed E-state index contributed by atoms with van der Waals surface area (Å²) in [6, 6.07) is 4.21. The van der Waals surface area contributed by atoms with Crippen LogP contribution in [0.1, 0.15) is 20.3 Å². The third-order valence-electron chi connectivity index (χ3n) is 2.69. The molecule has 114 valence electrons. The fourth-order valence-corrected chi connectivity index (χ4v) is 3.15. The van der Waals surface area contributed by atoms with Crippen LogP contribution in [0.4, 0.5) is 0 Å². The van der Waals surface area contributed by atoms with Crippen LogP contribution in [0.2, 0.25) is 5.02 Å². The standard InChI is InChI=1S/C13H20ClNO4S/c1-9(2)6-10(16)8-15-20(17,18)11-4-5-13(19-3)12(14)7-11/h4-5,7,9-10,15-16H,6,8H2,1-3H3. The van der Waals surface area contributed by atoms with E-state index >= 15 is 0 Å². The maximum Gasteiger partial charge on any atom is 0.240 e. The van der Waals surface area contributed by atoms with Crippen molar-refractivity contribution in [1.82, 2.24) is 4.72 Å². The van der Waals surface area contributed by atoms with Gasteiger partial charge in [-0.05, 0) is 30.5 Å². The van der Waals surface area contributed by atoms with Crippen molar-refractivity contribution in [2.45, 2.75) is 31.3 Å². The van der Waals surface area contributed by atoms with E-state index in [1.165, 1.54) is 25.3 Å². The zero-order valence-corrected chi connectivity index (χ0v) is 13.3. The maximum absolute atomic E-state index is 12.1. The third kappa shape index (κ3) is 4.94. The van der Waals surface area contributed by atoms with Crippen LogP contribution in [0.15, 0.2) is 23.1 Å². The second-order valence-electron chi connectivity index (χ2n) is 4.93. The highest BCUT2D eigenvalue weighted by atomic mass is 35.5. The normalized spacial score (nSPS) is 13.5. The molecule has 0 saturated heterocycles. The quantitative estimate of drug-likeness (QED) is 0.805. The van der Waals surface area contributed by atoms with Crippen LogP contribution in [0.3, 0.4) is 0 Å². The molecule has 0 radical (unpaired) electrons. The molecule has 1 aromatic rings. The number of hydrogen-bond donors (Lipinski definition) is 2. The molecule has 20 heavy (non-hydrogen) atoms. The second-order valence-corrected chi connectivity index (χ2v) is 7.11. The summed E-state index contributed by atoms with van der Waals surface area (Å²) >= 11 is 5.90. The molecule has 1 unspecified atom stereocenters. The molecule has 0 bridgehead atoms. The molecule has 0 heterocycles. The fourth-order valence-electron chi connectivity index (χ4n) is 1.73. The van der Waals surface area contributed by atoms with Crippen molar-refractivity contribution in [3.05, 3.63) is 23.2 Å². The number of halogens is 1. The molecule has 7 heteroatoms. The Morgan fingerprint density at radius 1 is 1.40 bits per heavy atom. The maximum atomic E-state index is 12.1. The smallest absolute Gasteiger partial charge is 0.240 e. The van der Waals surface area contributed by atoms with Crippen LogP contribution in [-0.2, 0) is 10.0 Å². The first-order chi connectivity index (χ1) is 9.26. The predicted octanol–water partition coefficient (Wildman–Crippen LogP) is 2.03. The number of rotatable bonds is 7. The van der Waals surface area contributed by atoms with Gasteiger partial charge in [-0.3, -0.25) is 0 Å². The summed E-state index contributed by atoms with van der Waals surface area (Å²) < 4.78 is 31.4. The SMILES string of the molecule is COc1ccc(S(=O)(=O)NCC(O)CC(C)C)cc1Cl. The first kappa shape index (κ1) is 17.2. The summed E-state index contributed by atoms with van der Waals surface area (Å²) in [6.45, 7) is 3.89. The molecule has 0 amide bonds. The molecule has 0 aliphatic rings. The van der Waals surface area contributed by atoms with Gasteiger partial charge in [0.05, 0.1) is 23.1 Å². The van der Waals surface area contributed by atoms with Gasteiger partial charge in [-0.2, -0.15) is 0 Å². The van der Waals surface area contributed by atoms with Crippen LogP contribution in [0.25, 0.3) is 0 Å². The van der Waals surface area contributed by atoms with Gasteiger partial charge in [0, 0.05) is 6.54 Å². The van der Waals surface area contributed by atoms with Gasteiger partial charge in [0.2, 0.25) is 10.0 Å². The Labute approximate surface area is 125 Å². The van der Waals surface area contributed by atoms with Gasteiger partial charge < -0.3 is 9.84 Å². The van der Waals surface area contributed by atoms with Crippen molar-refractivity contribution in [3.63, 3.8) is 0 Å². The Hall–Kier alpha value is -0.820. The fraction of sp³-hybridized carbons (Fsp3) is 0.538. The van der Waals surface area contributed by atoms with E-state index in [9.17, 15) is 13.5 Å². The van der Waals surface area contributed by atoms with Crippen molar-refractivity contribution >= 4 is 21.6 Å². The molecule has 0 spiro atoms. The largest absolute Gasteiger partial charge is 0.495 e. The van der Waals surface area contributed by atoms with E-state index in [0.29, 0.717) is 18.1 Å².